The summed E-state index contributed by atoms with van der Waals surface area (Å²) >= 11 is 5.92. The van der Waals surface area contributed by atoms with E-state index in [9.17, 15) is 8.42 Å². The van der Waals surface area contributed by atoms with Gasteiger partial charge in [0.15, 0.2) is 0 Å². The molecule has 0 spiro atoms. The van der Waals surface area contributed by atoms with E-state index in [2.05, 4.69) is 15.1 Å². The van der Waals surface area contributed by atoms with Crippen LogP contribution in [0.5, 0.6) is 0 Å². The molecule has 2 aromatic rings. The van der Waals surface area contributed by atoms with Gasteiger partial charge in [-0.25, -0.2) is 19.2 Å². The van der Waals surface area contributed by atoms with Crippen LogP contribution >= 0.6 is 11.6 Å². The number of hydrogen-bond donors (Lipinski definition) is 3. The predicted molar refractivity (Wildman–Crippen MR) is 79.0 cm³/mol. The van der Waals surface area contributed by atoms with Crippen LogP contribution in [0.1, 0.15) is 5.56 Å². The molecular formula is C12H10ClN5O2S. The molecule has 1 aromatic heterocycles. The van der Waals surface area contributed by atoms with Crippen molar-refractivity contribution >= 4 is 33.1 Å². The number of nitrogens with two attached hydrogens (primary N) is 1. The van der Waals surface area contributed by atoms with Gasteiger partial charge >= 0.3 is 0 Å². The highest BCUT2D eigenvalue weighted by Gasteiger charge is 2.16. The molecule has 0 amide bonds. The van der Waals surface area contributed by atoms with Gasteiger partial charge in [0, 0.05) is 6.20 Å². The fourth-order valence-electron chi connectivity index (χ4n) is 1.50. The molecule has 0 atom stereocenters. The zero-order chi connectivity index (χ0) is 15.5. The standard InChI is InChI=1S/C12H10ClN5O2S/c13-10-3-1-8(6-14)5-11(10)18-21(19,20)9-2-4-12(17-15)16-7-9/h1-5,7,18H,15H2,(H,16,17). The second kappa shape index (κ2) is 5.97. The average molecular weight is 324 g/mol. The Morgan fingerprint density at radius 2 is 2.05 bits per heavy atom. The van der Waals surface area contributed by atoms with Gasteiger partial charge in [0.2, 0.25) is 0 Å². The quantitative estimate of drug-likeness (QED) is 0.581. The molecule has 108 valence electrons. The Kier molecular flexibility index (Phi) is 4.28. The Morgan fingerprint density at radius 1 is 1.29 bits per heavy atom. The Labute approximate surface area is 126 Å². The van der Waals surface area contributed by atoms with Crippen LogP contribution in [0.25, 0.3) is 0 Å². The fourth-order valence-corrected chi connectivity index (χ4v) is 2.74. The Hall–Kier alpha value is -2.34. The summed E-state index contributed by atoms with van der Waals surface area (Å²) in [6, 6.07) is 8.95. The highest BCUT2D eigenvalue weighted by Crippen LogP contribution is 2.25. The van der Waals surface area contributed by atoms with Gasteiger partial charge in [0.1, 0.15) is 10.7 Å². The second-order valence-electron chi connectivity index (χ2n) is 3.94. The number of hydrogen-bond acceptors (Lipinski definition) is 6. The monoisotopic (exact) mass is 323 g/mol. The molecule has 0 aliphatic heterocycles. The minimum atomic E-state index is -3.86. The van der Waals surface area contributed by atoms with Crippen LogP contribution in [0.4, 0.5) is 11.5 Å². The van der Waals surface area contributed by atoms with Crippen molar-refractivity contribution in [2.45, 2.75) is 4.90 Å². The molecule has 2 rings (SSSR count). The number of sulfonamides is 1. The number of anilines is 2. The van der Waals surface area contributed by atoms with E-state index in [1.54, 1.807) is 0 Å². The van der Waals surface area contributed by atoms with Crippen LogP contribution in [0, 0.1) is 11.3 Å². The predicted octanol–water partition coefficient (Wildman–Crippen LogP) is 1.69. The highest BCUT2D eigenvalue weighted by atomic mass is 35.5. The Bertz CT molecular complexity index is 799. The third-order valence-corrected chi connectivity index (χ3v) is 4.21. The third-order valence-electron chi connectivity index (χ3n) is 2.53. The topological polar surface area (TPSA) is 121 Å². The maximum atomic E-state index is 12.2. The number of halogens is 1. The van der Waals surface area contributed by atoms with Crippen LogP contribution in [0.2, 0.25) is 5.02 Å². The van der Waals surface area contributed by atoms with Crippen LogP contribution in [-0.4, -0.2) is 13.4 Å². The summed E-state index contributed by atoms with van der Waals surface area (Å²) in [5.74, 6) is 5.49. The van der Waals surface area contributed by atoms with Gasteiger partial charge in [-0.05, 0) is 30.3 Å². The van der Waals surface area contributed by atoms with E-state index < -0.39 is 10.0 Å². The van der Waals surface area contributed by atoms with Crippen molar-refractivity contribution in [3.63, 3.8) is 0 Å². The summed E-state index contributed by atoms with van der Waals surface area (Å²) in [5.41, 5.74) is 2.71. The first-order chi connectivity index (χ1) is 9.96. The van der Waals surface area contributed by atoms with E-state index in [4.69, 9.17) is 22.7 Å². The first-order valence-electron chi connectivity index (χ1n) is 5.61. The van der Waals surface area contributed by atoms with Crippen LogP contribution < -0.4 is 16.0 Å². The minimum absolute atomic E-state index is 0.0556. The zero-order valence-corrected chi connectivity index (χ0v) is 12.1. The zero-order valence-electron chi connectivity index (χ0n) is 10.5. The molecule has 0 fully saturated rings. The SMILES string of the molecule is N#Cc1ccc(Cl)c(NS(=O)(=O)c2ccc(NN)nc2)c1. The van der Waals surface area contributed by atoms with E-state index in [1.165, 1.54) is 30.3 Å². The van der Waals surface area contributed by atoms with Gasteiger partial charge in [-0.1, -0.05) is 11.6 Å². The van der Waals surface area contributed by atoms with Gasteiger partial charge in [-0.15, -0.1) is 0 Å². The molecule has 0 saturated carbocycles. The molecule has 0 aliphatic rings. The number of nitriles is 1. The first-order valence-corrected chi connectivity index (χ1v) is 7.47. The van der Waals surface area contributed by atoms with Gasteiger partial charge in [0.05, 0.1) is 22.3 Å². The fraction of sp³-hybridized carbons (Fsp3) is 0. The molecule has 1 heterocycles. The van der Waals surface area contributed by atoms with Crippen molar-refractivity contribution in [1.29, 1.82) is 5.26 Å². The molecule has 9 heteroatoms. The lowest BCUT2D eigenvalue weighted by Crippen LogP contribution is -2.14. The van der Waals surface area contributed by atoms with Crippen molar-refractivity contribution in [2.24, 2.45) is 5.84 Å². The molecule has 0 bridgehead atoms. The summed E-state index contributed by atoms with van der Waals surface area (Å²) in [5, 5.41) is 9.01. The van der Waals surface area contributed by atoms with Crippen LogP contribution in [0.15, 0.2) is 41.4 Å². The van der Waals surface area contributed by atoms with Crippen LogP contribution in [0.3, 0.4) is 0 Å². The maximum absolute atomic E-state index is 12.2. The number of rotatable bonds is 4. The van der Waals surface area contributed by atoms with Gasteiger partial charge < -0.3 is 5.43 Å². The van der Waals surface area contributed by atoms with Gasteiger partial charge in [-0.2, -0.15) is 5.26 Å². The Morgan fingerprint density at radius 3 is 2.62 bits per heavy atom. The first kappa shape index (κ1) is 15.1. The van der Waals surface area contributed by atoms with Crippen molar-refractivity contribution in [2.75, 3.05) is 10.1 Å². The molecule has 1 aromatic carbocycles. The number of aromatic nitrogens is 1. The molecule has 0 aliphatic carbocycles. The van der Waals surface area contributed by atoms with Gasteiger partial charge in [0.25, 0.3) is 10.0 Å². The smallest absolute Gasteiger partial charge is 0.263 e. The van der Waals surface area contributed by atoms with Crippen molar-refractivity contribution in [3.8, 4) is 6.07 Å². The largest absolute Gasteiger partial charge is 0.308 e. The summed E-state index contributed by atoms with van der Waals surface area (Å²) in [4.78, 5) is 3.77. The number of pyridine rings is 1. The molecule has 21 heavy (non-hydrogen) atoms. The molecule has 7 nitrogen and oxygen atoms in total. The lowest BCUT2D eigenvalue weighted by atomic mass is 10.2. The average Bonchev–Trinajstić information content (AvgIpc) is 2.49. The second-order valence-corrected chi connectivity index (χ2v) is 6.03. The van der Waals surface area contributed by atoms with Crippen molar-refractivity contribution in [3.05, 3.63) is 47.1 Å². The summed E-state index contributed by atoms with van der Waals surface area (Å²) in [7, 11) is -3.86. The summed E-state index contributed by atoms with van der Waals surface area (Å²) < 4.78 is 26.7. The molecule has 0 radical (unpaired) electrons. The number of benzene rings is 1. The number of nitrogens with one attached hydrogen (secondary N) is 2. The van der Waals surface area contributed by atoms with E-state index in [0.29, 0.717) is 5.82 Å². The van der Waals surface area contributed by atoms with Gasteiger partial charge in [-0.3, -0.25) is 4.72 Å². The number of hydrazine groups is 1. The minimum Gasteiger partial charge on any atom is -0.308 e. The Balaban J connectivity index is 2.35. The van der Waals surface area contributed by atoms with Crippen LogP contribution in [-0.2, 0) is 10.0 Å². The molecule has 4 N–H and O–H groups in total. The van der Waals surface area contributed by atoms with Crippen molar-refractivity contribution < 1.29 is 8.42 Å². The van der Waals surface area contributed by atoms with Crippen molar-refractivity contribution in [1.82, 2.24) is 4.98 Å². The van der Waals surface area contributed by atoms with E-state index in [0.717, 1.165) is 6.20 Å². The van der Waals surface area contributed by atoms with E-state index in [1.807, 2.05) is 6.07 Å². The third kappa shape index (κ3) is 3.41. The lowest BCUT2D eigenvalue weighted by molar-refractivity contribution is 0.601. The van der Waals surface area contributed by atoms with E-state index in [-0.39, 0.29) is 21.2 Å². The highest BCUT2D eigenvalue weighted by molar-refractivity contribution is 7.92. The maximum Gasteiger partial charge on any atom is 0.263 e. The molecule has 0 saturated heterocycles. The number of nitrogen functional groups attached to an aromatic ring is 1. The lowest BCUT2D eigenvalue weighted by Gasteiger charge is -2.10. The summed E-state index contributed by atoms with van der Waals surface area (Å²) in [6.45, 7) is 0. The number of nitrogens with zero attached hydrogens (tertiary/aromatic N) is 2. The normalized spacial score (nSPS) is 10.7. The summed E-state index contributed by atoms with van der Waals surface area (Å²) in [6.07, 6.45) is 1.15. The molecular weight excluding hydrogens is 314 g/mol. The molecule has 0 unspecified atom stereocenters. The van der Waals surface area contributed by atoms with E-state index >= 15 is 0 Å².